The predicted molar refractivity (Wildman–Crippen MR) is 114 cm³/mol. The first-order valence-electron chi connectivity index (χ1n) is 9.92. The molecule has 1 aliphatic rings. The minimum absolute atomic E-state index is 0.0898. The topological polar surface area (TPSA) is 90.1 Å². The number of nitrogens with zero attached hydrogens (tertiary/aromatic N) is 2. The smallest absolute Gasteiger partial charge is 0.238 e. The Balaban J connectivity index is 1.39. The number of benzene rings is 2. The van der Waals surface area contributed by atoms with Gasteiger partial charge in [0.05, 0.1) is 29.0 Å². The molecule has 3 N–H and O–H groups in total. The molecule has 4 rings (SSSR count). The molecule has 1 aromatic heterocycles. The molecule has 1 fully saturated rings. The van der Waals surface area contributed by atoms with Crippen molar-refractivity contribution in [2.24, 2.45) is 0 Å². The first-order valence-corrected chi connectivity index (χ1v) is 9.92. The van der Waals surface area contributed by atoms with Gasteiger partial charge in [0.1, 0.15) is 5.82 Å². The number of hydrogen-bond acceptors (Lipinski definition) is 4. The predicted octanol–water partition coefficient (Wildman–Crippen LogP) is 3.34. The molecule has 2 amide bonds. The molecule has 7 heteroatoms. The van der Waals surface area contributed by atoms with Crippen molar-refractivity contribution in [1.82, 2.24) is 14.9 Å². The summed E-state index contributed by atoms with van der Waals surface area (Å²) in [6.07, 6.45) is 2.08. The number of hydrogen-bond donors (Lipinski definition) is 3. The van der Waals surface area contributed by atoms with Crippen LogP contribution in [0.1, 0.15) is 31.5 Å². The average molecular weight is 391 g/mol. The van der Waals surface area contributed by atoms with E-state index in [0.29, 0.717) is 17.9 Å². The van der Waals surface area contributed by atoms with E-state index in [0.717, 1.165) is 42.8 Å². The number of fused-ring (bicyclic) bond motifs is 1. The molecule has 1 atom stereocenters. The normalized spacial score (nSPS) is 17.2. The Kier molecular flexibility index (Phi) is 5.57. The molecule has 7 nitrogen and oxygen atoms in total. The zero-order valence-corrected chi connectivity index (χ0v) is 16.4. The second-order valence-corrected chi connectivity index (χ2v) is 7.49. The molecule has 0 bridgehead atoms. The summed E-state index contributed by atoms with van der Waals surface area (Å²) >= 11 is 0. The number of rotatable bonds is 5. The highest BCUT2D eigenvalue weighted by Gasteiger charge is 2.25. The van der Waals surface area contributed by atoms with Crippen molar-refractivity contribution in [3.05, 3.63) is 54.4 Å². The number of piperidine rings is 1. The summed E-state index contributed by atoms with van der Waals surface area (Å²) < 4.78 is 0. The van der Waals surface area contributed by atoms with Crippen molar-refractivity contribution in [2.75, 3.05) is 30.3 Å². The number of aromatic nitrogens is 2. The van der Waals surface area contributed by atoms with Gasteiger partial charge in [0.15, 0.2) is 0 Å². The number of carbonyl (C=O) groups excluding carboxylic acids is 2. The van der Waals surface area contributed by atoms with Crippen molar-refractivity contribution in [3.63, 3.8) is 0 Å². The van der Waals surface area contributed by atoms with Gasteiger partial charge in [0.2, 0.25) is 11.8 Å². The first kappa shape index (κ1) is 19.1. The molecular formula is C22H25N5O2. The lowest BCUT2D eigenvalue weighted by Gasteiger charge is -2.31. The van der Waals surface area contributed by atoms with Crippen LogP contribution in [0.25, 0.3) is 11.0 Å². The van der Waals surface area contributed by atoms with Crippen LogP contribution in [0.3, 0.4) is 0 Å². The highest BCUT2D eigenvalue weighted by Crippen LogP contribution is 2.27. The zero-order chi connectivity index (χ0) is 20.2. The summed E-state index contributed by atoms with van der Waals surface area (Å²) in [5.74, 6) is 1.02. The lowest BCUT2D eigenvalue weighted by atomic mass is 9.97. The molecule has 2 heterocycles. The monoisotopic (exact) mass is 391 g/mol. The van der Waals surface area contributed by atoms with E-state index in [9.17, 15) is 9.59 Å². The van der Waals surface area contributed by atoms with Crippen LogP contribution in [0, 0.1) is 0 Å². The summed E-state index contributed by atoms with van der Waals surface area (Å²) in [6.45, 7) is 3.44. The third-order valence-corrected chi connectivity index (χ3v) is 5.18. The number of amides is 2. The second-order valence-electron chi connectivity index (χ2n) is 7.49. The minimum atomic E-state index is -0.170. The number of aromatic amines is 1. The fourth-order valence-corrected chi connectivity index (χ4v) is 3.87. The summed E-state index contributed by atoms with van der Waals surface area (Å²) in [5.41, 5.74) is 3.24. The molecule has 1 aliphatic heterocycles. The summed E-state index contributed by atoms with van der Waals surface area (Å²) in [5, 5.41) is 5.66. The van der Waals surface area contributed by atoms with E-state index in [1.54, 1.807) is 12.1 Å². The Morgan fingerprint density at radius 2 is 1.83 bits per heavy atom. The van der Waals surface area contributed by atoms with Gasteiger partial charge in [0, 0.05) is 19.4 Å². The van der Waals surface area contributed by atoms with Crippen LogP contribution in [0.2, 0.25) is 0 Å². The number of para-hydroxylation sites is 4. The van der Waals surface area contributed by atoms with Crippen molar-refractivity contribution in [3.8, 4) is 0 Å². The van der Waals surface area contributed by atoms with Gasteiger partial charge in [-0.3, -0.25) is 14.5 Å². The van der Waals surface area contributed by atoms with Gasteiger partial charge in [-0.25, -0.2) is 4.98 Å². The number of H-pyrrole nitrogens is 1. The first-order chi connectivity index (χ1) is 14.1. The SMILES string of the molecule is CC(=O)Nc1ccccc1NC(=O)CN1CCCC(c2nc3ccccc3[nH]2)C1. The Hall–Kier alpha value is -3.19. The van der Waals surface area contributed by atoms with Gasteiger partial charge in [-0.2, -0.15) is 0 Å². The molecule has 0 saturated carbocycles. The molecule has 29 heavy (non-hydrogen) atoms. The molecule has 3 aromatic rings. The standard InChI is InChI=1S/C22H25N5O2/c1-15(28)23-17-8-2-3-9-18(17)24-21(29)14-27-12-6-7-16(13-27)22-25-19-10-4-5-11-20(19)26-22/h2-5,8-11,16H,6-7,12-14H2,1H3,(H,23,28)(H,24,29)(H,25,26). The fraction of sp³-hybridized carbons (Fsp3) is 0.318. The largest absolute Gasteiger partial charge is 0.342 e. The van der Waals surface area contributed by atoms with Crippen molar-refractivity contribution in [1.29, 1.82) is 0 Å². The van der Waals surface area contributed by atoms with Crippen molar-refractivity contribution >= 4 is 34.2 Å². The third-order valence-electron chi connectivity index (χ3n) is 5.18. The minimum Gasteiger partial charge on any atom is -0.342 e. The summed E-state index contributed by atoms with van der Waals surface area (Å²) in [4.78, 5) is 34.3. The van der Waals surface area contributed by atoms with Crippen LogP contribution in [-0.2, 0) is 9.59 Å². The van der Waals surface area contributed by atoms with E-state index >= 15 is 0 Å². The maximum Gasteiger partial charge on any atom is 0.238 e. The Bertz CT molecular complexity index is 996. The van der Waals surface area contributed by atoms with Gasteiger partial charge in [-0.05, 0) is 43.7 Å². The van der Waals surface area contributed by atoms with E-state index in [-0.39, 0.29) is 17.7 Å². The van der Waals surface area contributed by atoms with Gasteiger partial charge in [0.25, 0.3) is 0 Å². The highest BCUT2D eigenvalue weighted by molar-refractivity contribution is 5.99. The second kappa shape index (κ2) is 8.45. The number of imidazole rings is 1. The summed E-state index contributed by atoms with van der Waals surface area (Å²) in [6, 6.07) is 15.3. The Morgan fingerprint density at radius 1 is 1.10 bits per heavy atom. The van der Waals surface area contributed by atoms with Gasteiger partial charge >= 0.3 is 0 Å². The molecule has 1 unspecified atom stereocenters. The molecular weight excluding hydrogens is 366 g/mol. The van der Waals surface area contributed by atoms with Crippen LogP contribution in [-0.4, -0.2) is 46.3 Å². The van der Waals surface area contributed by atoms with Crippen LogP contribution in [0.5, 0.6) is 0 Å². The lowest BCUT2D eigenvalue weighted by Crippen LogP contribution is -2.40. The van der Waals surface area contributed by atoms with Gasteiger partial charge in [-0.15, -0.1) is 0 Å². The van der Waals surface area contributed by atoms with Crippen molar-refractivity contribution in [2.45, 2.75) is 25.7 Å². The molecule has 0 radical (unpaired) electrons. The number of carbonyl (C=O) groups is 2. The van der Waals surface area contributed by atoms with Crippen LogP contribution in [0.4, 0.5) is 11.4 Å². The molecule has 0 spiro atoms. The lowest BCUT2D eigenvalue weighted by molar-refractivity contribution is -0.117. The van der Waals surface area contributed by atoms with Gasteiger partial charge < -0.3 is 15.6 Å². The number of likely N-dealkylation sites (tertiary alicyclic amines) is 1. The Labute approximate surface area is 169 Å². The molecule has 2 aromatic carbocycles. The molecule has 1 saturated heterocycles. The van der Waals surface area contributed by atoms with Crippen molar-refractivity contribution < 1.29 is 9.59 Å². The zero-order valence-electron chi connectivity index (χ0n) is 16.4. The fourth-order valence-electron chi connectivity index (χ4n) is 3.87. The van der Waals surface area contributed by atoms with Crippen LogP contribution < -0.4 is 10.6 Å². The summed E-state index contributed by atoms with van der Waals surface area (Å²) in [7, 11) is 0. The van der Waals surface area contributed by atoms with E-state index in [2.05, 4.69) is 20.5 Å². The van der Waals surface area contributed by atoms with Crippen LogP contribution >= 0.6 is 0 Å². The van der Waals surface area contributed by atoms with E-state index in [4.69, 9.17) is 4.98 Å². The highest BCUT2D eigenvalue weighted by atomic mass is 16.2. The Morgan fingerprint density at radius 3 is 2.59 bits per heavy atom. The number of nitrogens with one attached hydrogen (secondary N) is 3. The maximum atomic E-state index is 12.6. The van der Waals surface area contributed by atoms with Crippen LogP contribution in [0.15, 0.2) is 48.5 Å². The third kappa shape index (κ3) is 4.63. The van der Waals surface area contributed by atoms with E-state index in [1.165, 1.54) is 6.92 Å². The quantitative estimate of drug-likeness (QED) is 0.622. The molecule has 0 aliphatic carbocycles. The maximum absolute atomic E-state index is 12.6. The van der Waals surface area contributed by atoms with E-state index in [1.807, 2.05) is 36.4 Å². The van der Waals surface area contributed by atoms with Gasteiger partial charge in [-0.1, -0.05) is 24.3 Å². The van der Waals surface area contributed by atoms with E-state index < -0.39 is 0 Å². The number of anilines is 2. The molecule has 150 valence electrons. The average Bonchev–Trinajstić information content (AvgIpc) is 3.14.